The lowest BCUT2D eigenvalue weighted by molar-refractivity contribution is 0.0231. The lowest BCUT2D eigenvalue weighted by Crippen LogP contribution is -2.27. The molecule has 2 nitrogen and oxygen atoms in total. The van der Waals surface area contributed by atoms with E-state index in [1.807, 2.05) is 0 Å². The van der Waals surface area contributed by atoms with E-state index in [1.54, 1.807) is 0 Å². The van der Waals surface area contributed by atoms with E-state index in [0.717, 1.165) is 38.5 Å². The maximum atomic E-state index is 10.1. The van der Waals surface area contributed by atoms with Crippen LogP contribution < -0.4 is 0 Å². The average molecular weight is 183 g/mol. The highest BCUT2D eigenvalue weighted by Crippen LogP contribution is 2.24. The van der Waals surface area contributed by atoms with E-state index in [0.29, 0.717) is 0 Å². The first-order valence-corrected chi connectivity index (χ1v) is 5.28. The molecule has 0 aliphatic rings. The van der Waals surface area contributed by atoms with Crippen molar-refractivity contribution >= 4 is 0 Å². The van der Waals surface area contributed by atoms with E-state index < -0.39 is 5.60 Å². The second-order valence-corrected chi connectivity index (χ2v) is 3.77. The minimum absolute atomic E-state index is 0.285. The summed E-state index contributed by atoms with van der Waals surface area (Å²) in [6, 6.07) is 2.08. The summed E-state index contributed by atoms with van der Waals surface area (Å²) in [4.78, 5) is 0. The Bertz CT molecular complexity index is 152. The minimum atomic E-state index is -0.708. The van der Waals surface area contributed by atoms with Gasteiger partial charge in [0.15, 0.2) is 0 Å². The van der Waals surface area contributed by atoms with Crippen molar-refractivity contribution in [2.75, 3.05) is 0 Å². The summed E-state index contributed by atoms with van der Waals surface area (Å²) in [5, 5.41) is 18.6. The van der Waals surface area contributed by atoms with E-state index in [4.69, 9.17) is 5.26 Å². The zero-order valence-electron chi connectivity index (χ0n) is 8.84. The lowest BCUT2D eigenvalue weighted by Gasteiger charge is -2.25. The van der Waals surface area contributed by atoms with Gasteiger partial charge in [0.1, 0.15) is 0 Å². The molecular formula is C11H21NO. The van der Waals surface area contributed by atoms with Gasteiger partial charge in [0.05, 0.1) is 18.1 Å². The van der Waals surface area contributed by atoms with Gasteiger partial charge in [-0.15, -0.1) is 0 Å². The standard InChI is InChI=1S/C11H21NO/c1-3-5-7-11(13,9-10-12)8-6-4-2/h13H,3-9H2,1-2H3. The van der Waals surface area contributed by atoms with Crippen molar-refractivity contribution in [2.24, 2.45) is 0 Å². The molecule has 0 saturated carbocycles. The third kappa shape index (κ3) is 5.65. The SMILES string of the molecule is CCCCC(O)(CC#N)CCCC. The highest BCUT2D eigenvalue weighted by atomic mass is 16.3. The molecule has 0 spiro atoms. The van der Waals surface area contributed by atoms with Gasteiger partial charge in [-0.25, -0.2) is 0 Å². The van der Waals surface area contributed by atoms with E-state index in [9.17, 15) is 5.11 Å². The van der Waals surface area contributed by atoms with Crippen LogP contribution >= 0.6 is 0 Å². The van der Waals surface area contributed by atoms with Crippen molar-refractivity contribution < 1.29 is 5.11 Å². The zero-order valence-corrected chi connectivity index (χ0v) is 8.84. The zero-order chi connectivity index (χ0) is 10.2. The Hall–Kier alpha value is -0.550. The van der Waals surface area contributed by atoms with E-state index in [2.05, 4.69) is 19.9 Å². The van der Waals surface area contributed by atoms with Crippen LogP contribution in [0, 0.1) is 11.3 Å². The molecule has 0 saturated heterocycles. The van der Waals surface area contributed by atoms with E-state index in [-0.39, 0.29) is 6.42 Å². The maximum absolute atomic E-state index is 10.1. The van der Waals surface area contributed by atoms with E-state index in [1.165, 1.54) is 0 Å². The normalized spacial score (nSPS) is 11.2. The molecule has 0 aromatic rings. The molecule has 0 rings (SSSR count). The van der Waals surface area contributed by atoms with Crippen LogP contribution in [0.1, 0.15) is 58.8 Å². The summed E-state index contributed by atoms with van der Waals surface area (Å²) in [5.41, 5.74) is -0.708. The molecule has 0 amide bonds. The van der Waals surface area contributed by atoms with Crippen LogP contribution in [0.3, 0.4) is 0 Å². The molecule has 2 heteroatoms. The predicted octanol–water partition coefficient (Wildman–Crippen LogP) is 3.01. The summed E-state index contributed by atoms with van der Waals surface area (Å²) in [6.07, 6.45) is 6.03. The minimum Gasteiger partial charge on any atom is -0.389 e. The van der Waals surface area contributed by atoms with Crippen LogP contribution in [-0.4, -0.2) is 10.7 Å². The molecule has 0 fully saturated rings. The van der Waals surface area contributed by atoms with Crippen LogP contribution in [0.5, 0.6) is 0 Å². The molecule has 0 unspecified atom stereocenters. The van der Waals surface area contributed by atoms with Crippen LogP contribution in [0.4, 0.5) is 0 Å². The summed E-state index contributed by atoms with van der Waals surface area (Å²) < 4.78 is 0. The Morgan fingerprint density at radius 3 is 1.92 bits per heavy atom. The fourth-order valence-corrected chi connectivity index (χ4v) is 1.46. The lowest BCUT2D eigenvalue weighted by atomic mass is 9.88. The highest BCUT2D eigenvalue weighted by Gasteiger charge is 2.24. The summed E-state index contributed by atoms with van der Waals surface area (Å²) >= 11 is 0. The van der Waals surface area contributed by atoms with Gasteiger partial charge in [0, 0.05) is 0 Å². The first-order chi connectivity index (χ1) is 6.18. The Balaban J connectivity index is 3.93. The molecule has 0 aliphatic heterocycles. The number of hydrogen-bond donors (Lipinski definition) is 1. The number of rotatable bonds is 7. The molecule has 0 aliphatic carbocycles. The van der Waals surface area contributed by atoms with Crippen LogP contribution in [0.2, 0.25) is 0 Å². The second-order valence-electron chi connectivity index (χ2n) is 3.77. The molecule has 0 radical (unpaired) electrons. The van der Waals surface area contributed by atoms with Gasteiger partial charge < -0.3 is 5.11 Å². The largest absolute Gasteiger partial charge is 0.389 e. The van der Waals surface area contributed by atoms with Crippen LogP contribution in [0.25, 0.3) is 0 Å². The number of aliphatic hydroxyl groups is 1. The average Bonchev–Trinajstić information content (AvgIpc) is 2.12. The van der Waals surface area contributed by atoms with E-state index >= 15 is 0 Å². The fraction of sp³-hybridized carbons (Fsp3) is 0.909. The van der Waals surface area contributed by atoms with Crippen LogP contribution in [-0.2, 0) is 0 Å². The summed E-state index contributed by atoms with van der Waals surface area (Å²) in [5.74, 6) is 0. The maximum Gasteiger partial charge on any atom is 0.0777 e. The van der Waals surface area contributed by atoms with Crippen molar-refractivity contribution in [2.45, 2.75) is 64.4 Å². The monoisotopic (exact) mass is 183 g/mol. The molecule has 0 heterocycles. The first kappa shape index (κ1) is 12.4. The number of nitriles is 1. The number of unbranched alkanes of at least 4 members (excludes halogenated alkanes) is 2. The predicted molar refractivity (Wildman–Crippen MR) is 54.2 cm³/mol. The highest BCUT2D eigenvalue weighted by molar-refractivity contribution is 4.88. The van der Waals surface area contributed by atoms with Gasteiger partial charge in [-0.1, -0.05) is 39.5 Å². The Morgan fingerprint density at radius 2 is 1.62 bits per heavy atom. The molecule has 0 aromatic heterocycles. The molecule has 0 aromatic carbocycles. The second kappa shape index (κ2) is 6.91. The Labute approximate surface area is 81.6 Å². The smallest absolute Gasteiger partial charge is 0.0777 e. The van der Waals surface area contributed by atoms with Crippen molar-refractivity contribution in [1.29, 1.82) is 5.26 Å². The summed E-state index contributed by atoms with van der Waals surface area (Å²) in [6.45, 7) is 4.21. The van der Waals surface area contributed by atoms with Gasteiger partial charge in [-0.3, -0.25) is 0 Å². The first-order valence-electron chi connectivity index (χ1n) is 5.28. The topological polar surface area (TPSA) is 44.0 Å². The third-order valence-corrected chi connectivity index (χ3v) is 2.40. The number of hydrogen-bond acceptors (Lipinski definition) is 2. The molecular weight excluding hydrogens is 162 g/mol. The summed E-state index contributed by atoms with van der Waals surface area (Å²) in [7, 11) is 0. The van der Waals surface area contributed by atoms with Gasteiger partial charge in [-0.2, -0.15) is 5.26 Å². The molecule has 0 bridgehead atoms. The van der Waals surface area contributed by atoms with Crippen molar-refractivity contribution in [3.05, 3.63) is 0 Å². The molecule has 76 valence electrons. The quantitative estimate of drug-likeness (QED) is 0.659. The molecule has 13 heavy (non-hydrogen) atoms. The van der Waals surface area contributed by atoms with Gasteiger partial charge in [-0.05, 0) is 12.8 Å². The molecule has 0 atom stereocenters. The van der Waals surface area contributed by atoms with Crippen molar-refractivity contribution in [1.82, 2.24) is 0 Å². The van der Waals surface area contributed by atoms with Gasteiger partial charge in [0.2, 0.25) is 0 Å². The third-order valence-electron chi connectivity index (χ3n) is 2.40. The van der Waals surface area contributed by atoms with Crippen molar-refractivity contribution in [3.8, 4) is 6.07 Å². The van der Waals surface area contributed by atoms with Gasteiger partial charge in [0.25, 0.3) is 0 Å². The van der Waals surface area contributed by atoms with Crippen molar-refractivity contribution in [3.63, 3.8) is 0 Å². The number of nitrogens with zero attached hydrogens (tertiary/aromatic N) is 1. The van der Waals surface area contributed by atoms with Gasteiger partial charge >= 0.3 is 0 Å². The fourth-order valence-electron chi connectivity index (χ4n) is 1.46. The molecule has 1 N–H and O–H groups in total. The Morgan fingerprint density at radius 1 is 1.15 bits per heavy atom. The Kier molecular flexibility index (Phi) is 6.62. The van der Waals surface area contributed by atoms with Crippen LogP contribution in [0.15, 0.2) is 0 Å².